The molecule has 0 aliphatic carbocycles. The Balaban J connectivity index is 2.07. The van der Waals surface area contributed by atoms with Gasteiger partial charge in [0.2, 0.25) is 0 Å². The molecule has 0 radical (unpaired) electrons. The van der Waals surface area contributed by atoms with Crippen molar-refractivity contribution in [3.63, 3.8) is 0 Å². The summed E-state index contributed by atoms with van der Waals surface area (Å²) in [6, 6.07) is 10.5. The Hall–Kier alpha value is -2.56. The van der Waals surface area contributed by atoms with Crippen LogP contribution in [0.2, 0.25) is 0 Å². The number of anilines is 3. The van der Waals surface area contributed by atoms with E-state index in [9.17, 15) is 9.18 Å². The zero-order valence-corrected chi connectivity index (χ0v) is 10.4. The molecule has 2 rings (SSSR count). The van der Waals surface area contributed by atoms with E-state index in [2.05, 4.69) is 10.6 Å². The number of nitrogen functional groups attached to an aromatic ring is 1. The Bertz CT molecular complexity index is 613. The van der Waals surface area contributed by atoms with Crippen molar-refractivity contribution >= 4 is 23.1 Å². The molecule has 0 saturated carbocycles. The van der Waals surface area contributed by atoms with Crippen LogP contribution in [0.4, 0.5) is 26.2 Å². The predicted octanol–water partition coefficient (Wildman–Crippen LogP) is 3.36. The Morgan fingerprint density at radius 2 is 1.95 bits per heavy atom. The number of benzene rings is 2. The number of hydrogen-bond acceptors (Lipinski definition) is 2. The van der Waals surface area contributed by atoms with E-state index < -0.39 is 11.8 Å². The molecule has 19 heavy (non-hydrogen) atoms. The molecule has 0 aliphatic rings. The number of carbonyl (C=O) groups is 1. The molecule has 0 fully saturated rings. The average molecular weight is 259 g/mol. The van der Waals surface area contributed by atoms with Gasteiger partial charge in [0.05, 0.1) is 0 Å². The second kappa shape index (κ2) is 5.39. The lowest BCUT2D eigenvalue weighted by Gasteiger charge is -2.10. The smallest absolute Gasteiger partial charge is 0.323 e. The summed E-state index contributed by atoms with van der Waals surface area (Å²) in [5.41, 5.74) is 8.12. The van der Waals surface area contributed by atoms with E-state index in [4.69, 9.17) is 5.73 Å². The quantitative estimate of drug-likeness (QED) is 0.724. The summed E-state index contributed by atoms with van der Waals surface area (Å²) >= 11 is 0. The monoisotopic (exact) mass is 259 g/mol. The average Bonchev–Trinajstić information content (AvgIpc) is 2.34. The predicted molar refractivity (Wildman–Crippen MR) is 74.6 cm³/mol. The number of amides is 2. The van der Waals surface area contributed by atoms with Gasteiger partial charge in [-0.1, -0.05) is 12.1 Å². The maximum absolute atomic E-state index is 13.0. The minimum absolute atomic E-state index is 0.388. The zero-order chi connectivity index (χ0) is 13.8. The fraction of sp³-hybridized carbons (Fsp3) is 0.0714. The van der Waals surface area contributed by atoms with Gasteiger partial charge in [-0.2, -0.15) is 0 Å². The summed E-state index contributed by atoms with van der Waals surface area (Å²) in [5.74, 6) is -0.405. The van der Waals surface area contributed by atoms with Crippen molar-refractivity contribution in [1.82, 2.24) is 0 Å². The van der Waals surface area contributed by atoms with Gasteiger partial charge in [0.15, 0.2) is 0 Å². The van der Waals surface area contributed by atoms with Gasteiger partial charge in [0, 0.05) is 17.1 Å². The fourth-order valence-corrected chi connectivity index (χ4v) is 1.63. The molecule has 0 aliphatic heterocycles. The fourth-order valence-electron chi connectivity index (χ4n) is 1.63. The molecule has 2 aromatic rings. The summed E-state index contributed by atoms with van der Waals surface area (Å²) < 4.78 is 13.0. The van der Waals surface area contributed by atoms with Crippen LogP contribution in [0, 0.1) is 12.7 Å². The van der Waals surface area contributed by atoms with E-state index >= 15 is 0 Å². The number of halogens is 1. The van der Waals surface area contributed by atoms with E-state index in [0.717, 1.165) is 5.56 Å². The van der Waals surface area contributed by atoms with Crippen LogP contribution in [0.1, 0.15) is 5.56 Å². The molecule has 2 aromatic carbocycles. The molecule has 0 atom stereocenters. The third-order valence-corrected chi connectivity index (χ3v) is 2.59. The minimum Gasteiger partial charge on any atom is -0.399 e. The van der Waals surface area contributed by atoms with E-state index in [1.807, 2.05) is 13.0 Å². The normalized spacial score (nSPS) is 10.0. The van der Waals surface area contributed by atoms with Crippen LogP contribution in [-0.4, -0.2) is 6.03 Å². The van der Waals surface area contributed by atoms with Crippen molar-refractivity contribution in [2.45, 2.75) is 6.92 Å². The highest BCUT2D eigenvalue weighted by Gasteiger charge is 2.05. The third-order valence-electron chi connectivity index (χ3n) is 2.59. The Kier molecular flexibility index (Phi) is 3.66. The van der Waals surface area contributed by atoms with Crippen LogP contribution in [-0.2, 0) is 0 Å². The second-order valence-corrected chi connectivity index (χ2v) is 4.16. The summed E-state index contributed by atoms with van der Waals surface area (Å²) in [6.45, 7) is 1.86. The van der Waals surface area contributed by atoms with Gasteiger partial charge in [-0.15, -0.1) is 0 Å². The molecule has 0 spiro atoms. The number of urea groups is 1. The van der Waals surface area contributed by atoms with Crippen molar-refractivity contribution in [3.8, 4) is 0 Å². The number of hydrogen-bond donors (Lipinski definition) is 3. The molecule has 4 nitrogen and oxygen atoms in total. The maximum atomic E-state index is 13.0. The SMILES string of the molecule is Cc1ccc(N)cc1NC(=O)Nc1cccc(F)c1. The third kappa shape index (κ3) is 3.45. The molecule has 0 heterocycles. The summed E-state index contributed by atoms with van der Waals surface area (Å²) in [7, 11) is 0. The molecule has 0 saturated heterocycles. The largest absolute Gasteiger partial charge is 0.399 e. The van der Waals surface area contributed by atoms with E-state index in [-0.39, 0.29) is 0 Å². The van der Waals surface area contributed by atoms with Crippen LogP contribution in [0.15, 0.2) is 42.5 Å². The Morgan fingerprint density at radius 3 is 2.68 bits per heavy atom. The van der Waals surface area contributed by atoms with Crippen LogP contribution in [0.25, 0.3) is 0 Å². The van der Waals surface area contributed by atoms with Gasteiger partial charge in [-0.05, 0) is 42.8 Å². The lowest BCUT2D eigenvalue weighted by Crippen LogP contribution is -2.20. The Morgan fingerprint density at radius 1 is 1.16 bits per heavy atom. The van der Waals surface area contributed by atoms with Crippen LogP contribution in [0.3, 0.4) is 0 Å². The van der Waals surface area contributed by atoms with E-state index in [1.165, 1.54) is 18.2 Å². The number of carbonyl (C=O) groups excluding carboxylic acids is 1. The van der Waals surface area contributed by atoms with Gasteiger partial charge < -0.3 is 16.4 Å². The van der Waals surface area contributed by atoms with Crippen molar-refractivity contribution in [2.24, 2.45) is 0 Å². The maximum Gasteiger partial charge on any atom is 0.323 e. The van der Waals surface area contributed by atoms with Crippen LogP contribution >= 0.6 is 0 Å². The van der Waals surface area contributed by atoms with Crippen molar-refractivity contribution in [1.29, 1.82) is 0 Å². The molecule has 0 unspecified atom stereocenters. The first-order chi connectivity index (χ1) is 9.04. The topological polar surface area (TPSA) is 67.1 Å². The minimum atomic E-state index is -0.445. The number of aryl methyl sites for hydroxylation is 1. The highest BCUT2D eigenvalue weighted by atomic mass is 19.1. The van der Waals surface area contributed by atoms with Gasteiger partial charge in [0.1, 0.15) is 5.82 Å². The highest BCUT2D eigenvalue weighted by Crippen LogP contribution is 2.18. The first kappa shape index (κ1) is 12.9. The van der Waals surface area contributed by atoms with E-state index in [0.29, 0.717) is 17.1 Å². The lowest BCUT2D eigenvalue weighted by atomic mass is 10.2. The summed E-state index contributed by atoms with van der Waals surface area (Å²) in [6.07, 6.45) is 0. The van der Waals surface area contributed by atoms with Crippen molar-refractivity contribution < 1.29 is 9.18 Å². The number of nitrogens with one attached hydrogen (secondary N) is 2. The van der Waals surface area contributed by atoms with Gasteiger partial charge >= 0.3 is 6.03 Å². The molecule has 4 N–H and O–H groups in total. The number of rotatable bonds is 2. The first-order valence-corrected chi connectivity index (χ1v) is 5.74. The molecule has 5 heteroatoms. The van der Waals surface area contributed by atoms with Gasteiger partial charge in [-0.25, -0.2) is 9.18 Å². The van der Waals surface area contributed by atoms with Crippen molar-refractivity contribution in [2.75, 3.05) is 16.4 Å². The van der Waals surface area contributed by atoms with Crippen molar-refractivity contribution in [3.05, 3.63) is 53.8 Å². The van der Waals surface area contributed by atoms with Gasteiger partial charge in [-0.3, -0.25) is 0 Å². The second-order valence-electron chi connectivity index (χ2n) is 4.16. The summed E-state index contributed by atoms with van der Waals surface area (Å²) in [4.78, 5) is 11.8. The Labute approximate surface area is 110 Å². The first-order valence-electron chi connectivity index (χ1n) is 5.74. The molecule has 0 bridgehead atoms. The molecular weight excluding hydrogens is 245 g/mol. The molecule has 0 aromatic heterocycles. The molecular formula is C14H14FN3O. The van der Waals surface area contributed by atoms with Crippen LogP contribution in [0.5, 0.6) is 0 Å². The standard InChI is InChI=1S/C14H14FN3O/c1-9-5-6-11(16)8-13(9)18-14(19)17-12-4-2-3-10(15)7-12/h2-8H,16H2,1H3,(H2,17,18,19). The van der Waals surface area contributed by atoms with Gasteiger partial charge in [0.25, 0.3) is 0 Å². The van der Waals surface area contributed by atoms with E-state index in [1.54, 1.807) is 18.2 Å². The number of nitrogens with two attached hydrogens (primary N) is 1. The zero-order valence-electron chi connectivity index (χ0n) is 10.4. The molecule has 98 valence electrons. The van der Waals surface area contributed by atoms with Crippen LogP contribution < -0.4 is 16.4 Å². The highest BCUT2D eigenvalue weighted by molar-refractivity contribution is 6.00. The lowest BCUT2D eigenvalue weighted by molar-refractivity contribution is 0.262. The summed E-state index contributed by atoms with van der Waals surface area (Å²) in [5, 5.41) is 5.21. The molecule has 2 amide bonds.